The number of rotatable bonds is 12. The highest BCUT2D eigenvalue weighted by Gasteiger charge is 2.65. The minimum Gasteiger partial charge on any atom is -0.404 e. The Labute approximate surface area is 312 Å². The van der Waals surface area contributed by atoms with Gasteiger partial charge in [-0.05, 0) is 124 Å². The minimum atomic E-state index is -2.72. The van der Waals surface area contributed by atoms with E-state index in [-0.39, 0.29) is 22.8 Å². The predicted octanol–water partition coefficient (Wildman–Crippen LogP) is 9.44. The molecular weight excluding hydrogens is 645 g/mol. The van der Waals surface area contributed by atoms with Gasteiger partial charge in [0.15, 0.2) is 6.29 Å². The van der Waals surface area contributed by atoms with E-state index < -0.39 is 25.4 Å². The van der Waals surface area contributed by atoms with Gasteiger partial charge in [-0.25, -0.2) is 0 Å². The molecule has 0 radical (unpaired) electrons. The van der Waals surface area contributed by atoms with Crippen LogP contribution in [0.15, 0.2) is 72.3 Å². The zero-order valence-corrected chi connectivity index (χ0v) is 34.1. The van der Waals surface area contributed by atoms with Crippen LogP contribution in [-0.4, -0.2) is 44.1 Å². The Bertz CT molecular complexity index is 1580. The molecule has 2 aromatic carbocycles. The fraction of sp³-hybridized carbons (Fsp3) is 0.652. The first-order valence-electron chi connectivity index (χ1n) is 20.5. The van der Waals surface area contributed by atoms with Crippen molar-refractivity contribution < 1.29 is 20.4 Å². The zero-order chi connectivity index (χ0) is 37.6. The van der Waals surface area contributed by atoms with Crippen molar-refractivity contribution in [2.45, 2.75) is 149 Å². The summed E-state index contributed by atoms with van der Waals surface area (Å²) in [6.45, 7) is 20.4. The van der Waals surface area contributed by atoms with Crippen LogP contribution >= 0.6 is 0 Å². The van der Waals surface area contributed by atoms with Gasteiger partial charge in [-0.1, -0.05) is 119 Å². The number of hydrogen-bond acceptors (Lipinski definition) is 4. The lowest BCUT2D eigenvalue weighted by molar-refractivity contribution is -0.169. The predicted molar refractivity (Wildman–Crippen MR) is 212 cm³/mol. The van der Waals surface area contributed by atoms with Crippen LogP contribution in [0.25, 0.3) is 0 Å². The SMILES string of the molecule is [2H]C(O)(/C=C1\CCC[C@@]2(C)[C@@H]1CC[C@@H]2[C@H](C)CC#CC(C)(C)OC(C)OCC)[C@]12C[C@@H](O[Si](c3ccccc3)(c3ccccc3)C(C)(C)C)C[C@H]1C2. The molecule has 9 atom stereocenters. The third-order valence-electron chi connectivity index (χ3n) is 13.4. The Balaban J connectivity index is 1.18. The van der Waals surface area contributed by atoms with E-state index in [4.69, 9.17) is 13.9 Å². The van der Waals surface area contributed by atoms with Crippen LogP contribution in [-0.2, 0) is 13.9 Å². The zero-order valence-electron chi connectivity index (χ0n) is 34.1. The fourth-order valence-corrected chi connectivity index (χ4v) is 15.7. The molecule has 4 aliphatic rings. The van der Waals surface area contributed by atoms with Crippen molar-refractivity contribution in [2.75, 3.05) is 6.61 Å². The molecule has 0 spiro atoms. The molecule has 0 bridgehead atoms. The number of benzene rings is 2. The van der Waals surface area contributed by atoms with Crippen LogP contribution in [0.3, 0.4) is 0 Å². The van der Waals surface area contributed by atoms with Crippen molar-refractivity contribution in [3.8, 4) is 11.8 Å². The second-order valence-electron chi connectivity index (χ2n) is 18.2. The van der Waals surface area contributed by atoms with Gasteiger partial charge in [0.1, 0.15) is 5.60 Å². The molecule has 1 N–H and O–H groups in total. The summed E-state index contributed by atoms with van der Waals surface area (Å²) in [4.78, 5) is 0. The highest BCUT2D eigenvalue weighted by molar-refractivity contribution is 6.99. The lowest BCUT2D eigenvalue weighted by Crippen LogP contribution is -2.67. The summed E-state index contributed by atoms with van der Waals surface area (Å²) < 4.78 is 28.8. The third-order valence-corrected chi connectivity index (χ3v) is 18.5. The van der Waals surface area contributed by atoms with Crippen molar-refractivity contribution in [1.29, 1.82) is 0 Å². The highest BCUT2D eigenvalue weighted by atomic mass is 28.4. The van der Waals surface area contributed by atoms with E-state index in [1.54, 1.807) is 0 Å². The topological polar surface area (TPSA) is 47.9 Å². The van der Waals surface area contributed by atoms with E-state index in [0.29, 0.717) is 30.3 Å². The van der Waals surface area contributed by atoms with Crippen molar-refractivity contribution in [2.24, 2.45) is 34.5 Å². The van der Waals surface area contributed by atoms with Crippen LogP contribution < -0.4 is 10.4 Å². The van der Waals surface area contributed by atoms with Gasteiger partial charge >= 0.3 is 0 Å². The lowest BCUT2D eigenvalue weighted by atomic mass is 9.60. The molecular formula is C46H66O4Si. The second kappa shape index (κ2) is 14.9. The molecule has 5 heteroatoms. The quantitative estimate of drug-likeness (QED) is 0.103. The summed E-state index contributed by atoms with van der Waals surface area (Å²) in [7, 11) is -2.72. The number of hydrogen-bond donors (Lipinski definition) is 1. The summed E-state index contributed by atoms with van der Waals surface area (Å²) in [5.41, 5.74) is 0.517. The third kappa shape index (κ3) is 7.61. The molecule has 6 rings (SSSR count). The number of ether oxygens (including phenoxy) is 2. The second-order valence-corrected chi connectivity index (χ2v) is 22.5. The van der Waals surface area contributed by atoms with Crippen molar-refractivity contribution >= 4 is 18.7 Å². The van der Waals surface area contributed by atoms with Gasteiger partial charge in [0, 0.05) is 24.5 Å². The Morgan fingerprint density at radius 1 is 1.00 bits per heavy atom. The van der Waals surface area contributed by atoms with Crippen molar-refractivity contribution in [3.63, 3.8) is 0 Å². The summed E-state index contributed by atoms with van der Waals surface area (Å²) in [5.74, 6) is 8.65. The van der Waals surface area contributed by atoms with Gasteiger partial charge in [-0.3, -0.25) is 0 Å². The maximum Gasteiger partial charge on any atom is 0.261 e. The largest absolute Gasteiger partial charge is 0.404 e. The van der Waals surface area contributed by atoms with Crippen LogP contribution in [0.1, 0.15) is 121 Å². The van der Waals surface area contributed by atoms with Gasteiger partial charge in [0.2, 0.25) is 0 Å². The number of aliphatic hydroxyl groups is 1. The van der Waals surface area contributed by atoms with Crippen LogP contribution in [0.2, 0.25) is 5.04 Å². The average Bonchev–Trinajstić information content (AvgIpc) is 3.47. The Kier molecular flexibility index (Phi) is 10.9. The molecule has 0 heterocycles. The van der Waals surface area contributed by atoms with Gasteiger partial charge in [0.25, 0.3) is 8.32 Å². The fourth-order valence-electron chi connectivity index (χ4n) is 11.0. The molecule has 4 fully saturated rings. The molecule has 51 heavy (non-hydrogen) atoms. The standard InChI is InChI=1S/C46H66O4Si/c1-10-48-34(3)49-44(7,8)27-17-19-33(2)40-25-26-41-35(20-18-28-45(40,41)9)29-42(47)46-31-36(46)30-37(32-46)50-51(43(4,5)6,38-21-13-11-14-22-38)39-23-15-12-16-24-39/h11-16,21-24,29,33-34,36-37,40-42,47H,10,18-20,25-26,28,30-32H2,1-9H3/b35-29+/t33-,34?,36+,37+,40-,41-,42?,45-,46-/m1/s1/i42D. The van der Waals surface area contributed by atoms with Gasteiger partial charge < -0.3 is 19.0 Å². The number of fused-ring (bicyclic) bond motifs is 2. The summed E-state index contributed by atoms with van der Waals surface area (Å²) in [6.07, 6.45) is 9.27. The maximum absolute atomic E-state index is 12.3. The van der Waals surface area contributed by atoms with E-state index in [0.717, 1.165) is 44.9 Å². The summed E-state index contributed by atoms with van der Waals surface area (Å²) in [5, 5.41) is 14.7. The highest BCUT2D eigenvalue weighted by Crippen LogP contribution is 2.67. The smallest absolute Gasteiger partial charge is 0.261 e. The molecule has 278 valence electrons. The molecule has 4 aliphatic carbocycles. The van der Waals surface area contributed by atoms with E-state index in [9.17, 15) is 6.48 Å². The Morgan fingerprint density at radius 3 is 2.25 bits per heavy atom. The molecule has 2 aromatic rings. The molecule has 0 aromatic heterocycles. The maximum atomic E-state index is 12.3. The van der Waals surface area contributed by atoms with E-state index in [1.165, 1.54) is 28.8 Å². The molecule has 0 saturated heterocycles. The Hall–Kier alpha value is -2.20. The monoisotopic (exact) mass is 711 g/mol. The van der Waals surface area contributed by atoms with Gasteiger partial charge in [0.05, 0.1) is 7.45 Å². The Morgan fingerprint density at radius 2 is 1.65 bits per heavy atom. The summed E-state index contributed by atoms with van der Waals surface area (Å²) >= 11 is 0. The normalized spacial score (nSPS) is 32.6. The average molecular weight is 712 g/mol. The molecule has 0 aliphatic heterocycles. The van der Waals surface area contributed by atoms with Crippen molar-refractivity contribution in [1.82, 2.24) is 0 Å². The van der Waals surface area contributed by atoms with E-state index >= 15 is 0 Å². The van der Waals surface area contributed by atoms with E-state index in [2.05, 4.69) is 107 Å². The van der Waals surface area contributed by atoms with Crippen molar-refractivity contribution in [3.05, 3.63) is 72.3 Å². The lowest BCUT2D eigenvalue weighted by Gasteiger charge is -2.45. The number of allylic oxidation sites excluding steroid dienone is 1. The van der Waals surface area contributed by atoms with Gasteiger partial charge in [-0.15, -0.1) is 0 Å². The first-order chi connectivity index (χ1) is 24.5. The first-order valence-corrected chi connectivity index (χ1v) is 21.9. The molecule has 4 nitrogen and oxygen atoms in total. The molecule has 0 amide bonds. The van der Waals surface area contributed by atoms with Crippen LogP contribution in [0.4, 0.5) is 0 Å². The van der Waals surface area contributed by atoms with Crippen LogP contribution in [0, 0.1) is 46.3 Å². The first kappa shape index (κ1) is 37.1. The van der Waals surface area contributed by atoms with Gasteiger partial charge in [-0.2, -0.15) is 0 Å². The van der Waals surface area contributed by atoms with Crippen LogP contribution in [0.5, 0.6) is 0 Å². The molecule has 2 unspecified atom stereocenters. The molecule has 4 saturated carbocycles. The summed E-state index contributed by atoms with van der Waals surface area (Å²) in [6, 6.07) is 21.7. The van der Waals surface area contributed by atoms with E-state index in [1.807, 2.05) is 33.8 Å². The minimum absolute atomic E-state index is 0.0209.